The van der Waals surface area contributed by atoms with Crippen LogP contribution in [0.4, 0.5) is 0 Å². The minimum Gasteiger partial charge on any atom is -0.497 e. The van der Waals surface area contributed by atoms with Gasteiger partial charge in [-0.05, 0) is 50.6 Å². The van der Waals surface area contributed by atoms with Gasteiger partial charge in [0.05, 0.1) is 26.2 Å². The van der Waals surface area contributed by atoms with Gasteiger partial charge in [0.2, 0.25) is 0 Å². The monoisotopic (exact) mass is 413 g/mol. The summed E-state index contributed by atoms with van der Waals surface area (Å²) in [4.78, 5) is 14.2. The first-order chi connectivity index (χ1) is 14.3. The molecule has 0 bridgehead atoms. The molecule has 30 heavy (non-hydrogen) atoms. The highest BCUT2D eigenvalue weighted by Gasteiger charge is 2.23. The van der Waals surface area contributed by atoms with Crippen LogP contribution in [0.3, 0.4) is 0 Å². The fourth-order valence-electron chi connectivity index (χ4n) is 3.30. The zero-order valence-corrected chi connectivity index (χ0v) is 18.2. The SMILES string of the molecule is COc1cccc(Oc2ccc(C3CN(CCC(=O)OC(C)(C)C)CCO3)cc2)c1. The lowest BCUT2D eigenvalue weighted by Crippen LogP contribution is -2.39. The number of carbonyl (C=O) groups excluding carboxylic acids is 1. The van der Waals surface area contributed by atoms with Gasteiger partial charge in [-0.1, -0.05) is 18.2 Å². The van der Waals surface area contributed by atoms with Crippen molar-refractivity contribution in [3.8, 4) is 17.2 Å². The van der Waals surface area contributed by atoms with Gasteiger partial charge >= 0.3 is 5.97 Å². The first-order valence-electron chi connectivity index (χ1n) is 10.3. The molecule has 1 unspecified atom stereocenters. The Kier molecular flexibility index (Phi) is 7.34. The van der Waals surface area contributed by atoms with Gasteiger partial charge in [0.15, 0.2) is 0 Å². The van der Waals surface area contributed by atoms with Crippen LogP contribution >= 0.6 is 0 Å². The van der Waals surface area contributed by atoms with E-state index in [2.05, 4.69) is 4.90 Å². The van der Waals surface area contributed by atoms with E-state index in [1.54, 1.807) is 7.11 Å². The van der Waals surface area contributed by atoms with Gasteiger partial charge < -0.3 is 18.9 Å². The maximum atomic E-state index is 12.0. The number of hydrogen-bond donors (Lipinski definition) is 0. The number of benzene rings is 2. The summed E-state index contributed by atoms with van der Waals surface area (Å²) in [7, 11) is 1.63. The molecule has 1 heterocycles. The number of carbonyl (C=O) groups is 1. The largest absolute Gasteiger partial charge is 0.497 e. The minimum absolute atomic E-state index is 0.0248. The van der Waals surface area contributed by atoms with E-state index in [0.717, 1.165) is 35.9 Å². The van der Waals surface area contributed by atoms with E-state index < -0.39 is 5.60 Å². The number of nitrogens with zero attached hydrogens (tertiary/aromatic N) is 1. The van der Waals surface area contributed by atoms with Crippen molar-refractivity contribution in [2.75, 3.05) is 33.4 Å². The van der Waals surface area contributed by atoms with Crippen molar-refractivity contribution in [2.45, 2.75) is 38.9 Å². The molecule has 0 radical (unpaired) electrons. The highest BCUT2D eigenvalue weighted by molar-refractivity contribution is 5.70. The van der Waals surface area contributed by atoms with Crippen LogP contribution in [0.5, 0.6) is 17.2 Å². The van der Waals surface area contributed by atoms with E-state index >= 15 is 0 Å². The molecule has 0 saturated carbocycles. The molecule has 0 aliphatic carbocycles. The van der Waals surface area contributed by atoms with Crippen LogP contribution in [0.2, 0.25) is 0 Å². The summed E-state index contributed by atoms with van der Waals surface area (Å²) in [6.45, 7) is 8.54. The molecular weight excluding hydrogens is 382 g/mol. The van der Waals surface area contributed by atoms with Gasteiger partial charge in [0.1, 0.15) is 22.8 Å². The third-order valence-electron chi connectivity index (χ3n) is 4.73. The zero-order chi connectivity index (χ0) is 21.6. The zero-order valence-electron chi connectivity index (χ0n) is 18.2. The third kappa shape index (κ3) is 6.75. The number of hydrogen-bond acceptors (Lipinski definition) is 6. The molecule has 1 aliphatic heterocycles. The van der Waals surface area contributed by atoms with Gasteiger partial charge in [0.25, 0.3) is 0 Å². The molecule has 0 spiro atoms. The van der Waals surface area contributed by atoms with Crippen molar-refractivity contribution in [1.82, 2.24) is 4.90 Å². The molecule has 1 aliphatic rings. The Balaban J connectivity index is 1.53. The van der Waals surface area contributed by atoms with Crippen molar-refractivity contribution in [3.05, 3.63) is 54.1 Å². The van der Waals surface area contributed by atoms with Crippen LogP contribution in [-0.4, -0.2) is 49.8 Å². The molecule has 6 heteroatoms. The number of ether oxygens (including phenoxy) is 4. The second-order valence-electron chi connectivity index (χ2n) is 8.35. The third-order valence-corrected chi connectivity index (χ3v) is 4.73. The molecule has 2 aromatic rings. The van der Waals surface area contributed by atoms with Crippen LogP contribution in [0.1, 0.15) is 38.9 Å². The summed E-state index contributed by atoms with van der Waals surface area (Å²) < 4.78 is 22.5. The lowest BCUT2D eigenvalue weighted by atomic mass is 10.1. The number of methoxy groups -OCH3 is 1. The Morgan fingerprint density at radius 3 is 2.53 bits per heavy atom. The van der Waals surface area contributed by atoms with Crippen molar-refractivity contribution >= 4 is 5.97 Å². The van der Waals surface area contributed by atoms with E-state index in [9.17, 15) is 4.79 Å². The van der Waals surface area contributed by atoms with Crippen molar-refractivity contribution in [3.63, 3.8) is 0 Å². The average molecular weight is 414 g/mol. The van der Waals surface area contributed by atoms with E-state index in [1.807, 2.05) is 69.3 Å². The second kappa shape index (κ2) is 9.96. The Hall–Kier alpha value is -2.57. The highest BCUT2D eigenvalue weighted by Crippen LogP contribution is 2.28. The summed E-state index contributed by atoms with van der Waals surface area (Å²) in [6, 6.07) is 15.4. The minimum atomic E-state index is -0.445. The predicted molar refractivity (Wildman–Crippen MR) is 115 cm³/mol. The maximum absolute atomic E-state index is 12.0. The lowest BCUT2D eigenvalue weighted by molar-refractivity contribution is -0.155. The maximum Gasteiger partial charge on any atom is 0.307 e. The van der Waals surface area contributed by atoms with Crippen molar-refractivity contribution < 1.29 is 23.7 Å². The molecule has 1 saturated heterocycles. The molecule has 1 fully saturated rings. The molecule has 0 aromatic heterocycles. The van der Waals surface area contributed by atoms with Gasteiger partial charge in [0, 0.05) is 25.7 Å². The van der Waals surface area contributed by atoms with Gasteiger partial charge in [-0.2, -0.15) is 0 Å². The van der Waals surface area contributed by atoms with E-state index in [1.165, 1.54) is 0 Å². The summed E-state index contributed by atoms with van der Waals surface area (Å²) in [5.41, 5.74) is 0.647. The van der Waals surface area contributed by atoms with Gasteiger partial charge in [-0.15, -0.1) is 0 Å². The summed E-state index contributed by atoms with van der Waals surface area (Å²) in [5, 5.41) is 0. The molecule has 0 amide bonds. The second-order valence-corrected chi connectivity index (χ2v) is 8.35. The molecule has 162 valence electrons. The molecule has 2 aromatic carbocycles. The van der Waals surface area contributed by atoms with Crippen molar-refractivity contribution in [2.24, 2.45) is 0 Å². The van der Waals surface area contributed by atoms with Crippen LogP contribution in [0, 0.1) is 0 Å². The van der Waals surface area contributed by atoms with Crippen LogP contribution in [-0.2, 0) is 14.3 Å². The molecule has 6 nitrogen and oxygen atoms in total. The first-order valence-corrected chi connectivity index (χ1v) is 10.3. The summed E-state index contributed by atoms with van der Waals surface area (Å²) in [6.07, 6.45) is 0.361. The predicted octanol–water partition coefficient (Wildman–Crippen LogP) is 4.59. The first kappa shape index (κ1) is 22.1. The van der Waals surface area contributed by atoms with E-state index in [-0.39, 0.29) is 12.1 Å². The fourth-order valence-corrected chi connectivity index (χ4v) is 3.30. The van der Waals surface area contributed by atoms with Crippen LogP contribution < -0.4 is 9.47 Å². The van der Waals surface area contributed by atoms with Gasteiger partial charge in [-0.25, -0.2) is 0 Å². The Morgan fingerprint density at radius 2 is 1.83 bits per heavy atom. The smallest absolute Gasteiger partial charge is 0.307 e. The summed E-state index contributed by atoms with van der Waals surface area (Å²) in [5.74, 6) is 2.07. The molecule has 0 N–H and O–H groups in total. The van der Waals surface area contributed by atoms with Gasteiger partial charge in [-0.3, -0.25) is 9.69 Å². The standard InChI is InChI=1S/C24H31NO5/c1-24(2,3)30-23(26)12-13-25-14-15-28-22(17-25)18-8-10-19(11-9-18)29-21-7-5-6-20(16-21)27-4/h5-11,16,22H,12-15,17H2,1-4H3. The highest BCUT2D eigenvalue weighted by atomic mass is 16.6. The molecular formula is C24H31NO5. The van der Waals surface area contributed by atoms with Crippen LogP contribution in [0.25, 0.3) is 0 Å². The number of rotatable bonds is 7. The lowest BCUT2D eigenvalue weighted by Gasteiger charge is -2.33. The fraction of sp³-hybridized carbons (Fsp3) is 0.458. The Labute approximate surface area is 178 Å². The molecule has 3 rings (SSSR count). The molecule has 1 atom stereocenters. The topological polar surface area (TPSA) is 57.2 Å². The number of morpholine rings is 1. The normalized spacial score (nSPS) is 17.4. The Bertz CT molecular complexity index is 828. The van der Waals surface area contributed by atoms with E-state index in [4.69, 9.17) is 18.9 Å². The number of esters is 1. The average Bonchev–Trinajstić information content (AvgIpc) is 2.72. The van der Waals surface area contributed by atoms with Crippen molar-refractivity contribution in [1.29, 1.82) is 0 Å². The van der Waals surface area contributed by atoms with Crippen LogP contribution in [0.15, 0.2) is 48.5 Å². The summed E-state index contributed by atoms with van der Waals surface area (Å²) >= 11 is 0. The van der Waals surface area contributed by atoms with E-state index in [0.29, 0.717) is 19.6 Å². The Morgan fingerprint density at radius 1 is 1.10 bits per heavy atom. The quantitative estimate of drug-likeness (QED) is 0.619.